The number of rotatable bonds is 8. The van der Waals surface area contributed by atoms with Crippen LogP contribution in [0.25, 0.3) is 22.3 Å². The fourth-order valence-corrected chi connectivity index (χ4v) is 8.55. The summed E-state index contributed by atoms with van der Waals surface area (Å²) >= 11 is 0. The third-order valence-electron chi connectivity index (χ3n) is 11.9. The molecule has 3 aliphatic heterocycles. The van der Waals surface area contributed by atoms with Crippen molar-refractivity contribution in [3.05, 3.63) is 224 Å². The number of methoxy groups -OCH3 is 4. The molecule has 4 aromatic carbocycles. The van der Waals surface area contributed by atoms with Crippen molar-refractivity contribution in [2.75, 3.05) is 28.4 Å². The molecular formula is C54H42N4O8. The van der Waals surface area contributed by atoms with Crippen LogP contribution in [0.15, 0.2) is 167 Å². The molecule has 0 atom stereocenters. The Hall–Kier alpha value is -8.64. The molecule has 66 heavy (non-hydrogen) atoms. The number of hydrogen-bond acceptors (Lipinski definition) is 10. The lowest BCUT2D eigenvalue weighted by molar-refractivity contribution is 0.0592. The van der Waals surface area contributed by atoms with Gasteiger partial charge in [0.15, 0.2) is 0 Å². The Labute approximate surface area is 379 Å². The summed E-state index contributed by atoms with van der Waals surface area (Å²) in [6.07, 6.45) is 9.92. The first-order chi connectivity index (χ1) is 32.0. The predicted molar refractivity (Wildman–Crippen MR) is 251 cm³/mol. The van der Waals surface area contributed by atoms with E-state index in [1.165, 1.54) is 28.4 Å². The van der Waals surface area contributed by atoms with Crippen LogP contribution in [0.2, 0.25) is 0 Å². The molecule has 3 aliphatic rings. The van der Waals surface area contributed by atoms with Crippen molar-refractivity contribution in [3.8, 4) is 0 Å². The summed E-state index contributed by atoms with van der Waals surface area (Å²) in [5.41, 5.74) is 12.4. The molecule has 0 radical (unpaired) electrons. The minimum Gasteiger partial charge on any atom is -0.465 e. The van der Waals surface area contributed by atoms with E-state index in [-0.39, 0.29) is 0 Å². The Bertz CT molecular complexity index is 3340. The molecule has 5 heterocycles. The lowest BCUT2D eigenvalue weighted by Crippen LogP contribution is -2.29. The number of aliphatic imine (C=N–C) groups is 2. The van der Waals surface area contributed by atoms with E-state index in [1.807, 2.05) is 86.9 Å². The Balaban J connectivity index is 1.40. The zero-order valence-corrected chi connectivity index (χ0v) is 36.9. The van der Waals surface area contributed by atoms with E-state index in [0.717, 1.165) is 66.5 Å². The zero-order chi connectivity index (χ0) is 46.2. The summed E-state index contributed by atoms with van der Waals surface area (Å²) in [5, 5.41) is 1.70. The molecular weight excluding hydrogens is 833 g/mol. The molecule has 0 saturated heterocycles. The highest BCUT2D eigenvalue weighted by Crippen LogP contribution is 2.37. The van der Waals surface area contributed by atoms with Gasteiger partial charge >= 0.3 is 23.9 Å². The highest BCUT2D eigenvalue weighted by atomic mass is 16.5. The molecule has 0 spiro atoms. The van der Waals surface area contributed by atoms with E-state index in [1.54, 1.807) is 48.5 Å². The van der Waals surface area contributed by atoms with Crippen molar-refractivity contribution in [2.45, 2.75) is 0 Å². The second kappa shape index (κ2) is 17.5. The summed E-state index contributed by atoms with van der Waals surface area (Å²) in [4.78, 5) is 60.9. The summed E-state index contributed by atoms with van der Waals surface area (Å²) in [6, 6.07) is 35.2. The lowest BCUT2D eigenvalue weighted by atomic mass is 9.95. The molecule has 0 amide bonds. The smallest absolute Gasteiger partial charge is 0.337 e. The number of benzene rings is 4. The number of nitrogens with zero attached hydrogens (tertiary/aromatic N) is 4. The number of carbonyl (C=O) groups excluding carboxylic acids is 4. The first-order valence-corrected chi connectivity index (χ1v) is 20.9. The van der Waals surface area contributed by atoms with E-state index in [0.29, 0.717) is 45.1 Å². The molecule has 0 unspecified atom stereocenters. The van der Waals surface area contributed by atoms with Gasteiger partial charge in [-0.25, -0.2) is 29.2 Å². The number of fused-ring (bicyclic) bond motifs is 6. The SMILES string of the molecule is COC(=O)c1ccc(C2=C3C=CC(=N3)C(c3ccc(C(=O)OC)cc3)=c3ccc(n3C)=C(c3ccc(C(=O)OC)cc3)c3cc(n(C)c3)C(c3ccc(C(=O)OC)cc3)=C3C=CC2=N3)cc1. The van der Waals surface area contributed by atoms with Crippen LogP contribution in [0.1, 0.15) is 74.9 Å². The zero-order valence-electron chi connectivity index (χ0n) is 36.9. The molecule has 2 aromatic heterocycles. The van der Waals surface area contributed by atoms with Gasteiger partial charge in [-0.3, -0.25) is 0 Å². The van der Waals surface area contributed by atoms with Gasteiger partial charge < -0.3 is 28.1 Å². The maximum Gasteiger partial charge on any atom is 0.337 e. The molecule has 8 bridgehead atoms. The van der Waals surface area contributed by atoms with Crippen molar-refractivity contribution in [1.82, 2.24) is 9.13 Å². The van der Waals surface area contributed by atoms with Crippen LogP contribution in [0, 0.1) is 0 Å². The second-order valence-corrected chi connectivity index (χ2v) is 15.6. The van der Waals surface area contributed by atoms with Crippen LogP contribution in [0.5, 0.6) is 0 Å². The minimum atomic E-state index is -0.454. The van der Waals surface area contributed by atoms with Crippen LogP contribution in [0.3, 0.4) is 0 Å². The number of carbonyl (C=O) groups is 4. The highest BCUT2D eigenvalue weighted by Gasteiger charge is 2.26. The van der Waals surface area contributed by atoms with Crippen LogP contribution in [0.4, 0.5) is 0 Å². The van der Waals surface area contributed by atoms with Gasteiger partial charge in [0.2, 0.25) is 0 Å². The Kier molecular flexibility index (Phi) is 11.3. The van der Waals surface area contributed by atoms with E-state index in [9.17, 15) is 19.2 Å². The molecule has 326 valence electrons. The first kappa shape index (κ1) is 42.7. The summed E-state index contributed by atoms with van der Waals surface area (Å²) < 4.78 is 24.2. The van der Waals surface area contributed by atoms with Gasteiger partial charge in [-0.2, -0.15) is 0 Å². The molecule has 0 aliphatic carbocycles. The third-order valence-corrected chi connectivity index (χ3v) is 11.9. The van der Waals surface area contributed by atoms with Crippen molar-refractivity contribution < 1.29 is 38.1 Å². The van der Waals surface area contributed by atoms with Gasteiger partial charge in [0.25, 0.3) is 0 Å². The molecule has 6 aromatic rings. The molecule has 12 heteroatoms. The number of aryl methyl sites for hydroxylation is 1. The monoisotopic (exact) mass is 874 g/mol. The minimum absolute atomic E-state index is 0.397. The maximum absolute atomic E-state index is 12.6. The second-order valence-electron chi connectivity index (χ2n) is 15.6. The quantitative estimate of drug-likeness (QED) is 0.116. The summed E-state index contributed by atoms with van der Waals surface area (Å²) in [7, 11) is 9.39. The van der Waals surface area contributed by atoms with E-state index >= 15 is 0 Å². The Morgan fingerprint density at radius 2 is 0.758 bits per heavy atom. The number of ether oxygens (including phenoxy) is 4. The summed E-state index contributed by atoms with van der Waals surface area (Å²) in [6.45, 7) is 0. The van der Waals surface area contributed by atoms with Crippen LogP contribution in [-0.4, -0.2) is 72.9 Å². The van der Waals surface area contributed by atoms with Gasteiger partial charge in [-0.15, -0.1) is 0 Å². The van der Waals surface area contributed by atoms with E-state index < -0.39 is 23.9 Å². The van der Waals surface area contributed by atoms with Crippen molar-refractivity contribution in [1.29, 1.82) is 0 Å². The van der Waals surface area contributed by atoms with Gasteiger partial charge in [0.05, 0.1) is 84.6 Å². The fourth-order valence-electron chi connectivity index (χ4n) is 8.55. The largest absolute Gasteiger partial charge is 0.465 e. The Morgan fingerprint density at radius 1 is 0.409 bits per heavy atom. The lowest BCUT2D eigenvalue weighted by Gasteiger charge is -2.13. The highest BCUT2D eigenvalue weighted by molar-refractivity contribution is 6.35. The first-order valence-electron chi connectivity index (χ1n) is 20.9. The van der Waals surface area contributed by atoms with Gasteiger partial charge in [-0.05, 0) is 113 Å². The normalized spacial score (nSPS) is 14.0. The van der Waals surface area contributed by atoms with Gasteiger partial charge in [0.1, 0.15) is 0 Å². The molecule has 9 rings (SSSR count). The molecule has 0 fully saturated rings. The van der Waals surface area contributed by atoms with Crippen LogP contribution >= 0.6 is 0 Å². The summed E-state index contributed by atoms with van der Waals surface area (Å²) in [5.74, 6) is -1.79. The average molecular weight is 875 g/mol. The van der Waals surface area contributed by atoms with Crippen molar-refractivity contribution in [2.24, 2.45) is 24.1 Å². The molecule has 0 saturated carbocycles. The Morgan fingerprint density at radius 3 is 1.18 bits per heavy atom. The fraction of sp³-hybridized carbons (Fsp3) is 0.111. The van der Waals surface area contributed by atoms with E-state index in [2.05, 4.69) is 33.5 Å². The number of hydrogen-bond donors (Lipinski definition) is 0. The average Bonchev–Trinajstić information content (AvgIpc) is 4.18. The van der Waals surface area contributed by atoms with Gasteiger partial charge in [0, 0.05) is 53.5 Å². The molecule has 0 N–H and O–H groups in total. The number of allylic oxidation sites excluding steroid dienone is 5. The third kappa shape index (κ3) is 7.64. The van der Waals surface area contributed by atoms with Gasteiger partial charge in [-0.1, -0.05) is 48.5 Å². The standard InChI is InChI=1S/C54H42N4O8/c1-57-30-39-29-46(57)50(34-13-21-38(22-14-34)54(62)66-6)43-26-24-41(56-43)48(32-9-17-36(18-10-32)52(60)64-4)40-23-25-42(55-40)49(33-11-19-37(20-12-33)53(61)65-5)45-28-27-44(58(45)2)47(39)31-7-15-35(16-8-31)51(59)63-3/h7-30H,1-6H3. The van der Waals surface area contributed by atoms with Crippen LogP contribution < -0.4 is 10.7 Å². The van der Waals surface area contributed by atoms with Crippen molar-refractivity contribution >= 4 is 57.6 Å². The number of esters is 4. The number of aromatic nitrogens is 2. The topological polar surface area (TPSA) is 140 Å². The van der Waals surface area contributed by atoms with Crippen LogP contribution in [-0.2, 0) is 33.0 Å². The molecule has 12 nitrogen and oxygen atoms in total. The maximum atomic E-state index is 12.6. The van der Waals surface area contributed by atoms with Crippen molar-refractivity contribution in [3.63, 3.8) is 0 Å². The van der Waals surface area contributed by atoms with E-state index in [4.69, 9.17) is 28.9 Å². The predicted octanol–water partition coefficient (Wildman–Crippen LogP) is 7.16.